The number of hydrogen-bond acceptors (Lipinski definition) is 4. The van der Waals surface area contributed by atoms with Gasteiger partial charge in [-0.05, 0) is 23.8 Å². The molecule has 1 saturated heterocycles. The van der Waals surface area contributed by atoms with Crippen LogP contribution in [0, 0.1) is 0 Å². The summed E-state index contributed by atoms with van der Waals surface area (Å²) < 4.78 is 27.7. The molecular formula is C19H20N2O4S. The van der Waals surface area contributed by atoms with Crippen LogP contribution < -0.4 is 4.90 Å². The van der Waals surface area contributed by atoms with Crippen molar-refractivity contribution in [1.29, 1.82) is 0 Å². The standard InChI is InChI=1S/C19H20N2O4S/c1-13(23)20-11-17-19(15-9-5-6-10-16(15)20)18(12-22)21(17)26(24,25)14-7-3-2-4-8-14/h2-10,17-19,22H,11-12H2,1H3/t17-,18-,19+/m1/s1. The second-order valence-electron chi connectivity index (χ2n) is 6.68. The van der Waals surface area contributed by atoms with Crippen molar-refractivity contribution >= 4 is 21.6 Å². The number of para-hydroxylation sites is 1. The molecule has 2 aliphatic heterocycles. The Labute approximate surface area is 152 Å². The average molecular weight is 372 g/mol. The number of fused-ring (bicyclic) bond motifs is 3. The van der Waals surface area contributed by atoms with E-state index in [1.54, 1.807) is 35.2 Å². The molecule has 1 amide bonds. The van der Waals surface area contributed by atoms with Gasteiger partial charge in [-0.3, -0.25) is 4.79 Å². The molecular weight excluding hydrogens is 352 g/mol. The Kier molecular flexibility index (Phi) is 4.10. The molecule has 0 unspecified atom stereocenters. The van der Waals surface area contributed by atoms with E-state index in [-0.39, 0.29) is 29.4 Å². The fourth-order valence-electron chi connectivity index (χ4n) is 4.19. The molecule has 3 atom stereocenters. The molecule has 6 nitrogen and oxygen atoms in total. The molecule has 26 heavy (non-hydrogen) atoms. The lowest BCUT2D eigenvalue weighted by Crippen LogP contribution is -2.70. The van der Waals surface area contributed by atoms with Gasteiger partial charge in [0.25, 0.3) is 0 Å². The van der Waals surface area contributed by atoms with E-state index >= 15 is 0 Å². The van der Waals surface area contributed by atoms with E-state index in [0.717, 1.165) is 11.3 Å². The van der Waals surface area contributed by atoms with E-state index in [2.05, 4.69) is 0 Å². The van der Waals surface area contributed by atoms with Gasteiger partial charge in [0.15, 0.2) is 0 Å². The lowest BCUT2D eigenvalue weighted by atomic mass is 9.74. The molecule has 0 radical (unpaired) electrons. The van der Waals surface area contributed by atoms with Crippen LogP contribution in [0.4, 0.5) is 5.69 Å². The Hall–Kier alpha value is -2.22. The average Bonchev–Trinajstić information content (AvgIpc) is 2.62. The van der Waals surface area contributed by atoms with Crippen molar-refractivity contribution in [2.75, 3.05) is 18.1 Å². The number of hydrogen-bond donors (Lipinski definition) is 1. The summed E-state index contributed by atoms with van der Waals surface area (Å²) in [7, 11) is -3.75. The van der Waals surface area contributed by atoms with Gasteiger partial charge >= 0.3 is 0 Å². The molecule has 0 aromatic heterocycles. The van der Waals surface area contributed by atoms with Crippen molar-refractivity contribution in [3.05, 3.63) is 60.2 Å². The molecule has 4 rings (SSSR count). The first-order valence-electron chi connectivity index (χ1n) is 8.53. The molecule has 0 aliphatic carbocycles. The predicted octanol–water partition coefficient (Wildman–Crippen LogP) is 1.57. The zero-order valence-corrected chi connectivity index (χ0v) is 15.1. The van der Waals surface area contributed by atoms with Crippen LogP contribution in [0.5, 0.6) is 0 Å². The zero-order chi connectivity index (χ0) is 18.5. The summed E-state index contributed by atoms with van der Waals surface area (Å²) in [6.07, 6.45) is 0. The van der Waals surface area contributed by atoms with Crippen LogP contribution in [0.15, 0.2) is 59.5 Å². The Morgan fingerprint density at radius 3 is 2.42 bits per heavy atom. The van der Waals surface area contributed by atoms with Gasteiger partial charge < -0.3 is 10.0 Å². The zero-order valence-electron chi connectivity index (χ0n) is 14.3. The highest BCUT2D eigenvalue weighted by Gasteiger charge is 2.57. The fourth-order valence-corrected chi connectivity index (χ4v) is 6.04. The van der Waals surface area contributed by atoms with Crippen LogP contribution in [-0.4, -0.2) is 49.0 Å². The third-order valence-electron chi connectivity index (χ3n) is 5.32. The van der Waals surface area contributed by atoms with Crippen molar-refractivity contribution < 1.29 is 18.3 Å². The van der Waals surface area contributed by atoms with Gasteiger partial charge in [0.1, 0.15) is 0 Å². The normalized spacial score (nSPS) is 25.2. The molecule has 136 valence electrons. The van der Waals surface area contributed by atoms with Gasteiger partial charge in [0, 0.05) is 25.1 Å². The number of nitrogens with zero attached hydrogens (tertiary/aromatic N) is 2. The van der Waals surface area contributed by atoms with Crippen LogP contribution >= 0.6 is 0 Å². The highest BCUT2D eigenvalue weighted by molar-refractivity contribution is 7.89. The van der Waals surface area contributed by atoms with E-state index in [9.17, 15) is 18.3 Å². The second-order valence-corrected chi connectivity index (χ2v) is 8.52. The minimum Gasteiger partial charge on any atom is -0.395 e. The van der Waals surface area contributed by atoms with Crippen LogP contribution in [0.3, 0.4) is 0 Å². The molecule has 1 fully saturated rings. The molecule has 0 saturated carbocycles. The number of amides is 1. The molecule has 1 N–H and O–H groups in total. The Balaban J connectivity index is 1.79. The summed E-state index contributed by atoms with van der Waals surface area (Å²) in [5.41, 5.74) is 1.72. The summed E-state index contributed by atoms with van der Waals surface area (Å²) in [6.45, 7) is 1.51. The quantitative estimate of drug-likeness (QED) is 0.887. The number of rotatable bonds is 3. The van der Waals surface area contributed by atoms with E-state index in [0.29, 0.717) is 6.54 Å². The van der Waals surface area contributed by atoms with Crippen molar-refractivity contribution in [2.24, 2.45) is 0 Å². The van der Waals surface area contributed by atoms with Crippen molar-refractivity contribution in [3.63, 3.8) is 0 Å². The molecule has 0 spiro atoms. The maximum absolute atomic E-state index is 13.1. The van der Waals surface area contributed by atoms with Gasteiger partial charge in [-0.15, -0.1) is 0 Å². The van der Waals surface area contributed by atoms with Crippen LogP contribution in [0.25, 0.3) is 0 Å². The van der Waals surface area contributed by atoms with Gasteiger partial charge in [-0.25, -0.2) is 8.42 Å². The van der Waals surface area contributed by atoms with E-state index < -0.39 is 16.1 Å². The van der Waals surface area contributed by atoms with Crippen LogP contribution in [-0.2, 0) is 14.8 Å². The smallest absolute Gasteiger partial charge is 0.243 e. The monoisotopic (exact) mass is 372 g/mol. The number of carbonyl (C=O) groups excluding carboxylic acids is 1. The molecule has 7 heteroatoms. The van der Waals surface area contributed by atoms with Gasteiger partial charge in [0.05, 0.1) is 23.6 Å². The molecule has 2 heterocycles. The predicted molar refractivity (Wildman–Crippen MR) is 97.3 cm³/mol. The summed E-state index contributed by atoms with van der Waals surface area (Å²) >= 11 is 0. The number of benzene rings is 2. The highest BCUT2D eigenvalue weighted by Crippen LogP contribution is 2.50. The lowest BCUT2D eigenvalue weighted by Gasteiger charge is -2.57. The van der Waals surface area contributed by atoms with Crippen molar-refractivity contribution in [2.45, 2.75) is 29.8 Å². The van der Waals surface area contributed by atoms with Crippen molar-refractivity contribution in [3.8, 4) is 0 Å². The van der Waals surface area contributed by atoms with E-state index in [4.69, 9.17) is 0 Å². The molecule has 2 aromatic carbocycles. The molecule has 2 aliphatic rings. The number of aliphatic hydroxyl groups is 1. The topological polar surface area (TPSA) is 77.9 Å². The Bertz CT molecular complexity index is 945. The number of anilines is 1. The Morgan fingerprint density at radius 1 is 1.12 bits per heavy atom. The first kappa shape index (κ1) is 17.2. The van der Waals surface area contributed by atoms with Crippen LogP contribution in [0.1, 0.15) is 18.4 Å². The fraction of sp³-hybridized carbons (Fsp3) is 0.316. The van der Waals surface area contributed by atoms with Crippen molar-refractivity contribution in [1.82, 2.24) is 4.31 Å². The largest absolute Gasteiger partial charge is 0.395 e. The minimum atomic E-state index is -3.75. The summed E-state index contributed by atoms with van der Waals surface area (Å²) in [5, 5.41) is 9.92. The summed E-state index contributed by atoms with van der Waals surface area (Å²) in [6, 6.07) is 14.8. The second kappa shape index (κ2) is 6.19. The minimum absolute atomic E-state index is 0.120. The maximum atomic E-state index is 13.1. The number of aliphatic hydroxyl groups excluding tert-OH is 1. The van der Waals surface area contributed by atoms with Crippen LogP contribution in [0.2, 0.25) is 0 Å². The summed E-state index contributed by atoms with van der Waals surface area (Å²) in [4.78, 5) is 13.9. The first-order valence-corrected chi connectivity index (χ1v) is 9.97. The SMILES string of the molecule is CC(=O)N1C[C@@H]2[C@H](c3ccccc31)[C@@H](CO)N2S(=O)(=O)c1ccccc1. The molecule has 2 aromatic rings. The Morgan fingerprint density at radius 2 is 1.77 bits per heavy atom. The lowest BCUT2D eigenvalue weighted by molar-refractivity contribution is -0.117. The van der Waals surface area contributed by atoms with Gasteiger partial charge in [-0.2, -0.15) is 4.31 Å². The first-order chi connectivity index (χ1) is 12.5. The number of carbonyl (C=O) groups is 1. The highest BCUT2D eigenvalue weighted by atomic mass is 32.2. The van der Waals surface area contributed by atoms with E-state index in [1.165, 1.54) is 11.2 Å². The van der Waals surface area contributed by atoms with Gasteiger partial charge in [-0.1, -0.05) is 36.4 Å². The van der Waals surface area contributed by atoms with Gasteiger partial charge in [0.2, 0.25) is 15.9 Å². The third-order valence-corrected chi connectivity index (χ3v) is 7.29. The molecule has 0 bridgehead atoms. The van der Waals surface area contributed by atoms with E-state index in [1.807, 2.05) is 24.3 Å². The third kappa shape index (κ3) is 2.39. The number of sulfonamides is 1. The maximum Gasteiger partial charge on any atom is 0.243 e. The summed E-state index contributed by atoms with van der Waals surface area (Å²) in [5.74, 6) is -0.245.